The lowest BCUT2D eigenvalue weighted by Gasteiger charge is -2.11. The molecule has 1 aromatic carbocycles. The van der Waals surface area contributed by atoms with E-state index in [0.717, 1.165) is 18.2 Å². The molecule has 0 saturated carbocycles. The van der Waals surface area contributed by atoms with Gasteiger partial charge in [0.1, 0.15) is 23.0 Å². The fourth-order valence-electron chi connectivity index (χ4n) is 1.77. The molecule has 25 heavy (non-hydrogen) atoms. The quantitative estimate of drug-likeness (QED) is 0.191. The van der Waals surface area contributed by atoms with E-state index in [4.69, 9.17) is 11.5 Å². The number of hydrogen-bond donors (Lipinski definition) is 2. The number of allylic oxidation sites excluding steroid dienone is 1. The highest BCUT2D eigenvalue weighted by Gasteiger charge is 2.26. The number of amidine groups is 1. The van der Waals surface area contributed by atoms with E-state index >= 15 is 0 Å². The third-order valence-corrected chi connectivity index (χ3v) is 2.89. The minimum atomic E-state index is -3.23. The molecule has 0 unspecified atom stereocenters. The summed E-state index contributed by atoms with van der Waals surface area (Å²) in [6, 6.07) is 2.72. The van der Waals surface area contributed by atoms with Crippen molar-refractivity contribution in [1.29, 1.82) is 0 Å². The van der Waals surface area contributed by atoms with Crippen molar-refractivity contribution in [2.45, 2.75) is 13.3 Å². The highest BCUT2D eigenvalue weighted by atomic mass is 19.3. The van der Waals surface area contributed by atoms with Crippen LogP contribution < -0.4 is 11.5 Å². The van der Waals surface area contributed by atoms with Gasteiger partial charge in [0.05, 0.1) is 11.3 Å². The zero-order valence-electron chi connectivity index (χ0n) is 13.1. The molecule has 136 valence electrons. The summed E-state index contributed by atoms with van der Waals surface area (Å²) in [7, 11) is 0. The van der Waals surface area contributed by atoms with E-state index in [-0.39, 0.29) is 6.54 Å². The van der Waals surface area contributed by atoms with E-state index in [2.05, 4.69) is 9.73 Å². The molecule has 0 atom stereocenters. The summed E-state index contributed by atoms with van der Waals surface area (Å²) in [4.78, 5) is 27.3. The number of ketones is 1. The number of nitrogens with two attached hydrogens (primary N) is 2. The number of hydrogen-bond acceptors (Lipinski definition) is 5. The SMILES string of the molecule is CCN=C(N)/C(C(=O)OCC(=O)c1c(F)cccc1F)=C(\N)C(F)F. The van der Waals surface area contributed by atoms with Gasteiger partial charge in [-0.1, -0.05) is 6.07 Å². The second-order valence-electron chi connectivity index (χ2n) is 4.59. The molecule has 0 aliphatic rings. The number of carbonyl (C=O) groups excluding carboxylic acids is 2. The topological polar surface area (TPSA) is 108 Å². The van der Waals surface area contributed by atoms with Crippen molar-refractivity contribution in [1.82, 2.24) is 0 Å². The molecule has 10 heteroatoms. The molecular weight excluding hydrogens is 346 g/mol. The summed E-state index contributed by atoms with van der Waals surface area (Å²) in [6.45, 7) is 0.494. The predicted molar refractivity (Wildman–Crippen MR) is 81.0 cm³/mol. The number of alkyl halides is 2. The number of rotatable bonds is 7. The van der Waals surface area contributed by atoms with Crippen LogP contribution in [0.3, 0.4) is 0 Å². The highest BCUT2D eigenvalue weighted by molar-refractivity contribution is 6.19. The number of esters is 1. The molecule has 0 fully saturated rings. The van der Waals surface area contributed by atoms with Gasteiger partial charge in [-0.15, -0.1) is 0 Å². The van der Waals surface area contributed by atoms with Crippen LogP contribution in [0.15, 0.2) is 34.5 Å². The first-order chi connectivity index (χ1) is 11.7. The van der Waals surface area contributed by atoms with Crippen LogP contribution in [0.25, 0.3) is 0 Å². The molecule has 4 N–H and O–H groups in total. The Morgan fingerprint density at radius 1 is 1.20 bits per heavy atom. The number of benzene rings is 1. The van der Waals surface area contributed by atoms with Crippen molar-refractivity contribution in [3.8, 4) is 0 Å². The van der Waals surface area contributed by atoms with Gasteiger partial charge in [-0.25, -0.2) is 22.4 Å². The molecule has 0 saturated heterocycles. The minimum Gasteiger partial charge on any atom is -0.454 e. The van der Waals surface area contributed by atoms with Crippen LogP contribution in [-0.4, -0.2) is 37.2 Å². The normalized spacial score (nSPS) is 12.8. The van der Waals surface area contributed by atoms with E-state index in [0.29, 0.717) is 0 Å². The molecule has 1 aromatic rings. The maximum absolute atomic E-state index is 13.5. The average Bonchev–Trinajstić information content (AvgIpc) is 2.53. The van der Waals surface area contributed by atoms with Gasteiger partial charge in [0.15, 0.2) is 6.61 Å². The number of nitrogens with zero attached hydrogens (tertiary/aromatic N) is 1. The first-order valence-corrected chi connectivity index (χ1v) is 6.93. The van der Waals surface area contributed by atoms with Crippen molar-refractivity contribution < 1.29 is 31.9 Å². The number of aliphatic imine (C=N–C) groups is 1. The van der Waals surface area contributed by atoms with Crippen LogP contribution in [0.2, 0.25) is 0 Å². The molecule has 0 heterocycles. The summed E-state index contributed by atoms with van der Waals surface area (Å²) in [6.07, 6.45) is -3.23. The van der Waals surface area contributed by atoms with E-state index in [1.54, 1.807) is 0 Å². The molecule has 6 nitrogen and oxygen atoms in total. The largest absolute Gasteiger partial charge is 0.454 e. The van der Waals surface area contributed by atoms with Gasteiger partial charge in [0.2, 0.25) is 5.78 Å². The molecule has 0 spiro atoms. The van der Waals surface area contributed by atoms with Crippen LogP contribution in [0, 0.1) is 11.6 Å². The summed E-state index contributed by atoms with van der Waals surface area (Å²) in [5.41, 5.74) is 7.52. The highest BCUT2D eigenvalue weighted by Crippen LogP contribution is 2.14. The summed E-state index contributed by atoms with van der Waals surface area (Å²) in [5, 5.41) is 0. The maximum atomic E-state index is 13.5. The molecule has 1 rings (SSSR count). The Kier molecular flexibility index (Phi) is 7.09. The fraction of sp³-hybridized carbons (Fsp3) is 0.267. The Morgan fingerprint density at radius 2 is 1.76 bits per heavy atom. The molecular formula is C15H15F4N3O3. The molecule has 0 aliphatic heterocycles. The third kappa shape index (κ3) is 5.03. The van der Waals surface area contributed by atoms with Crippen molar-refractivity contribution in [2.75, 3.05) is 13.2 Å². The number of Topliss-reactive ketones (excluding diaryl/α,β-unsaturated/α-hetero) is 1. The lowest BCUT2D eigenvalue weighted by molar-refractivity contribution is -0.137. The van der Waals surface area contributed by atoms with Gasteiger partial charge in [-0.2, -0.15) is 0 Å². The summed E-state index contributed by atoms with van der Waals surface area (Å²) in [5.74, 6) is -5.58. The van der Waals surface area contributed by atoms with Crippen LogP contribution in [0.5, 0.6) is 0 Å². The Morgan fingerprint density at radius 3 is 2.24 bits per heavy atom. The number of carbonyl (C=O) groups is 2. The van der Waals surface area contributed by atoms with E-state index < -0.39 is 59.1 Å². The zero-order chi connectivity index (χ0) is 19.1. The maximum Gasteiger partial charge on any atom is 0.344 e. The Bertz CT molecular complexity index is 712. The second kappa shape index (κ2) is 8.81. The van der Waals surface area contributed by atoms with Gasteiger partial charge in [0, 0.05) is 6.54 Å². The van der Waals surface area contributed by atoms with Gasteiger partial charge in [0.25, 0.3) is 6.43 Å². The number of ether oxygens (including phenoxy) is 1. The van der Waals surface area contributed by atoms with E-state index in [1.165, 1.54) is 6.92 Å². The molecule has 0 aromatic heterocycles. The standard InChI is InChI=1S/C15H15F4N3O3/c1-2-22-14(21)11(12(20)13(18)19)15(24)25-6-9(23)10-7(16)4-3-5-8(10)17/h3-5,13H,2,6,20H2,1H3,(H2,21,22)/b12-11+. The van der Waals surface area contributed by atoms with Gasteiger partial charge >= 0.3 is 5.97 Å². The smallest absolute Gasteiger partial charge is 0.344 e. The number of halogens is 4. The van der Waals surface area contributed by atoms with Crippen molar-refractivity contribution in [3.05, 3.63) is 46.7 Å². The first kappa shape index (κ1) is 20.1. The molecule has 0 aliphatic carbocycles. The van der Waals surface area contributed by atoms with Gasteiger partial charge < -0.3 is 16.2 Å². The van der Waals surface area contributed by atoms with Crippen LogP contribution in [-0.2, 0) is 9.53 Å². The summed E-state index contributed by atoms with van der Waals surface area (Å²) < 4.78 is 57.0. The molecule has 0 radical (unpaired) electrons. The van der Waals surface area contributed by atoms with E-state index in [9.17, 15) is 27.2 Å². The Labute approximate surface area is 140 Å². The van der Waals surface area contributed by atoms with Gasteiger partial charge in [-0.05, 0) is 19.1 Å². The predicted octanol–water partition coefficient (Wildman–Crippen LogP) is 1.55. The summed E-state index contributed by atoms with van der Waals surface area (Å²) >= 11 is 0. The second-order valence-corrected chi connectivity index (χ2v) is 4.59. The van der Waals surface area contributed by atoms with Crippen molar-refractivity contribution >= 4 is 17.6 Å². The van der Waals surface area contributed by atoms with E-state index in [1.807, 2.05) is 0 Å². The minimum absolute atomic E-state index is 0.0680. The van der Waals surface area contributed by atoms with Crippen molar-refractivity contribution in [3.63, 3.8) is 0 Å². The zero-order valence-corrected chi connectivity index (χ0v) is 13.1. The molecule has 0 bridgehead atoms. The van der Waals surface area contributed by atoms with Gasteiger partial charge in [-0.3, -0.25) is 9.79 Å². The Hall–Kier alpha value is -2.91. The van der Waals surface area contributed by atoms with Crippen LogP contribution in [0.1, 0.15) is 17.3 Å². The monoisotopic (exact) mass is 361 g/mol. The van der Waals surface area contributed by atoms with Crippen molar-refractivity contribution in [2.24, 2.45) is 16.5 Å². The van der Waals surface area contributed by atoms with Crippen LogP contribution in [0.4, 0.5) is 17.6 Å². The lowest BCUT2D eigenvalue weighted by Crippen LogP contribution is -2.30. The third-order valence-electron chi connectivity index (χ3n) is 2.89. The fourth-order valence-corrected chi connectivity index (χ4v) is 1.77. The molecule has 0 amide bonds. The van der Waals surface area contributed by atoms with Crippen LogP contribution >= 0.6 is 0 Å². The first-order valence-electron chi connectivity index (χ1n) is 6.93. The average molecular weight is 361 g/mol. The Balaban J connectivity index is 3.01. The lowest BCUT2D eigenvalue weighted by atomic mass is 10.1.